The first-order chi connectivity index (χ1) is 11.8. The number of hydrogen-bond donors (Lipinski definition) is 1. The van der Waals surface area contributed by atoms with Crippen LogP contribution < -0.4 is 4.90 Å². The first kappa shape index (κ1) is 14.6. The smallest absolute Gasteiger partial charge is 0.227 e. The van der Waals surface area contributed by atoms with Gasteiger partial charge in [0.15, 0.2) is 11.5 Å². The number of nitrogens with one attached hydrogen (secondary N) is 1. The number of imidazole rings is 1. The molecule has 0 bridgehead atoms. The Labute approximate surface area is 139 Å². The number of carbonyl (C=O) groups excluding carboxylic acids is 1. The molecule has 0 unspecified atom stereocenters. The summed E-state index contributed by atoms with van der Waals surface area (Å²) in [5.74, 6) is 1.00. The van der Waals surface area contributed by atoms with Gasteiger partial charge in [0.2, 0.25) is 5.91 Å². The first-order valence-electron chi connectivity index (χ1n) is 8.02. The van der Waals surface area contributed by atoms with Crippen LogP contribution in [0.25, 0.3) is 11.2 Å². The van der Waals surface area contributed by atoms with Gasteiger partial charge in [-0.25, -0.2) is 15.0 Å². The highest BCUT2D eigenvalue weighted by molar-refractivity contribution is 5.83. The fourth-order valence-electron chi connectivity index (χ4n) is 3.03. The summed E-state index contributed by atoms with van der Waals surface area (Å²) in [7, 11) is 0. The summed E-state index contributed by atoms with van der Waals surface area (Å²) in [5.41, 5.74) is 2.57. The van der Waals surface area contributed by atoms with Gasteiger partial charge in [-0.3, -0.25) is 4.79 Å². The van der Waals surface area contributed by atoms with E-state index in [2.05, 4.69) is 24.8 Å². The number of benzene rings is 1. The maximum Gasteiger partial charge on any atom is 0.227 e. The molecule has 0 saturated carbocycles. The topological polar surface area (TPSA) is 78.0 Å². The molecule has 1 N–H and O–H groups in total. The fraction of sp³-hybridized carbons (Fsp3) is 0.294. The number of fused-ring (bicyclic) bond motifs is 1. The Bertz CT molecular complexity index is 838. The number of hydrogen-bond acceptors (Lipinski definition) is 5. The van der Waals surface area contributed by atoms with Gasteiger partial charge in [0.1, 0.15) is 11.8 Å². The van der Waals surface area contributed by atoms with E-state index in [-0.39, 0.29) is 5.91 Å². The average Bonchev–Trinajstić information content (AvgIpc) is 3.11. The van der Waals surface area contributed by atoms with E-state index in [1.165, 1.54) is 0 Å². The molecule has 0 atom stereocenters. The Balaban J connectivity index is 1.41. The largest absolute Gasteiger partial charge is 0.351 e. The molecule has 3 heterocycles. The summed E-state index contributed by atoms with van der Waals surface area (Å²) in [4.78, 5) is 32.4. The maximum absolute atomic E-state index is 12.4. The number of rotatable bonds is 3. The van der Waals surface area contributed by atoms with E-state index in [9.17, 15) is 4.79 Å². The van der Waals surface area contributed by atoms with Crippen molar-refractivity contribution >= 4 is 22.9 Å². The average molecular weight is 322 g/mol. The summed E-state index contributed by atoms with van der Waals surface area (Å²) < 4.78 is 0. The van der Waals surface area contributed by atoms with E-state index < -0.39 is 0 Å². The van der Waals surface area contributed by atoms with Gasteiger partial charge in [-0.05, 0) is 5.56 Å². The Morgan fingerprint density at radius 3 is 2.62 bits per heavy atom. The number of aromatic nitrogens is 4. The number of aromatic amines is 1. The van der Waals surface area contributed by atoms with Gasteiger partial charge in [-0.15, -0.1) is 0 Å². The minimum Gasteiger partial charge on any atom is -0.351 e. The van der Waals surface area contributed by atoms with E-state index in [1.807, 2.05) is 35.2 Å². The zero-order valence-electron chi connectivity index (χ0n) is 13.2. The van der Waals surface area contributed by atoms with Gasteiger partial charge in [0.05, 0.1) is 12.7 Å². The summed E-state index contributed by atoms with van der Waals surface area (Å²) in [6.07, 6.45) is 3.63. The van der Waals surface area contributed by atoms with Crippen molar-refractivity contribution in [2.45, 2.75) is 6.42 Å². The molecule has 24 heavy (non-hydrogen) atoms. The highest BCUT2D eigenvalue weighted by atomic mass is 16.2. The van der Waals surface area contributed by atoms with Crippen molar-refractivity contribution in [2.24, 2.45) is 0 Å². The van der Waals surface area contributed by atoms with Crippen molar-refractivity contribution in [3.63, 3.8) is 0 Å². The van der Waals surface area contributed by atoms with Crippen LogP contribution in [0, 0.1) is 0 Å². The lowest BCUT2D eigenvalue weighted by Gasteiger charge is -2.35. The van der Waals surface area contributed by atoms with Gasteiger partial charge in [0.25, 0.3) is 0 Å². The van der Waals surface area contributed by atoms with Crippen LogP contribution in [-0.4, -0.2) is 56.9 Å². The molecule has 7 heteroatoms. The van der Waals surface area contributed by atoms with Crippen LogP contribution in [0.15, 0.2) is 43.0 Å². The van der Waals surface area contributed by atoms with Crippen LogP contribution in [0.4, 0.5) is 5.82 Å². The van der Waals surface area contributed by atoms with Crippen molar-refractivity contribution in [1.82, 2.24) is 24.8 Å². The fourth-order valence-corrected chi connectivity index (χ4v) is 3.03. The van der Waals surface area contributed by atoms with Gasteiger partial charge in [-0.1, -0.05) is 30.3 Å². The molecule has 4 rings (SSSR count). The molecule has 1 aliphatic heterocycles. The molecule has 1 saturated heterocycles. The molecular weight excluding hydrogens is 304 g/mol. The van der Waals surface area contributed by atoms with E-state index in [4.69, 9.17) is 0 Å². The van der Waals surface area contributed by atoms with Crippen LogP contribution in [0.1, 0.15) is 5.56 Å². The van der Waals surface area contributed by atoms with Crippen LogP contribution in [0.3, 0.4) is 0 Å². The molecule has 7 nitrogen and oxygen atoms in total. The molecule has 0 aliphatic carbocycles. The Morgan fingerprint density at radius 2 is 1.83 bits per heavy atom. The van der Waals surface area contributed by atoms with Gasteiger partial charge in [-0.2, -0.15) is 0 Å². The first-order valence-corrected chi connectivity index (χ1v) is 8.02. The molecule has 3 aromatic rings. The second-order valence-electron chi connectivity index (χ2n) is 5.83. The minimum absolute atomic E-state index is 0.174. The third kappa shape index (κ3) is 2.80. The second kappa shape index (κ2) is 6.27. The van der Waals surface area contributed by atoms with Crippen LogP contribution in [0.5, 0.6) is 0 Å². The van der Waals surface area contributed by atoms with Crippen molar-refractivity contribution in [2.75, 3.05) is 31.1 Å². The number of anilines is 1. The van der Waals surface area contributed by atoms with E-state index >= 15 is 0 Å². The third-order valence-electron chi connectivity index (χ3n) is 4.33. The Kier molecular flexibility index (Phi) is 3.82. The maximum atomic E-state index is 12.4. The molecule has 1 amide bonds. The number of H-pyrrole nitrogens is 1. The van der Waals surface area contributed by atoms with E-state index in [1.54, 1.807) is 12.7 Å². The third-order valence-corrected chi connectivity index (χ3v) is 4.33. The predicted molar refractivity (Wildman–Crippen MR) is 90.6 cm³/mol. The quantitative estimate of drug-likeness (QED) is 0.785. The highest BCUT2D eigenvalue weighted by Gasteiger charge is 2.23. The van der Waals surface area contributed by atoms with Crippen molar-refractivity contribution in [3.05, 3.63) is 48.5 Å². The summed E-state index contributed by atoms with van der Waals surface area (Å²) in [5, 5.41) is 0. The lowest BCUT2D eigenvalue weighted by atomic mass is 10.1. The number of piperazine rings is 1. The highest BCUT2D eigenvalue weighted by Crippen LogP contribution is 2.21. The molecule has 1 aromatic carbocycles. The number of nitrogens with zero attached hydrogens (tertiary/aromatic N) is 5. The number of amides is 1. The van der Waals surface area contributed by atoms with Crippen LogP contribution in [-0.2, 0) is 11.2 Å². The SMILES string of the molecule is O=C(Cc1ccccc1)N1CCN(c2ncnc3[nH]cnc23)CC1. The normalized spacial score (nSPS) is 15.0. The minimum atomic E-state index is 0.174. The Morgan fingerprint density at radius 1 is 1.04 bits per heavy atom. The van der Waals surface area contributed by atoms with Crippen molar-refractivity contribution in [3.8, 4) is 0 Å². The lowest BCUT2D eigenvalue weighted by molar-refractivity contribution is -0.130. The van der Waals surface area contributed by atoms with Gasteiger partial charge in [0, 0.05) is 26.2 Å². The predicted octanol–water partition coefficient (Wildman–Crippen LogP) is 1.24. The van der Waals surface area contributed by atoms with Crippen LogP contribution in [0.2, 0.25) is 0 Å². The van der Waals surface area contributed by atoms with E-state index in [0.717, 1.165) is 35.6 Å². The second-order valence-corrected chi connectivity index (χ2v) is 5.83. The Hall–Kier alpha value is -2.96. The molecule has 0 spiro atoms. The summed E-state index contributed by atoms with van der Waals surface area (Å²) in [6.45, 7) is 2.89. The number of carbonyl (C=O) groups is 1. The van der Waals surface area contributed by atoms with Gasteiger partial charge < -0.3 is 14.8 Å². The van der Waals surface area contributed by atoms with Gasteiger partial charge >= 0.3 is 0 Å². The zero-order chi connectivity index (χ0) is 16.4. The molecule has 1 aliphatic rings. The molecule has 122 valence electrons. The van der Waals surface area contributed by atoms with Crippen LogP contribution >= 0.6 is 0 Å². The lowest BCUT2D eigenvalue weighted by Crippen LogP contribution is -2.49. The molecule has 1 fully saturated rings. The summed E-state index contributed by atoms with van der Waals surface area (Å²) >= 11 is 0. The molecule has 0 radical (unpaired) electrons. The molecular formula is C17H18N6O. The van der Waals surface area contributed by atoms with E-state index in [0.29, 0.717) is 19.5 Å². The van der Waals surface area contributed by atoms with Crippen molar-refractivity contribution < 1.29 is 4.79 Å². The summed E-state index contributed by atoms with van der Waals surface area (Å²) in [6, 6.07) is 9.87. The standard InChI is InChI=1S/C17H18N6O/c24-14(10-13-4-2-1-3-5-13)22-6-8-23(9-7-22)17-15-16(19-11-18-15)20-12-21-17/h1-5,11-12H,6-10H2,(H,18,19,20,21). The zero-order valence-corrected chi connectivity index (χ0v) is 13.2. The molecule has 2 aromatic heterocycles. The van der Waals surface area contributed by atoms with Crippen molar-refractivity contribution in [1.29, 1.82) is 0 Å². The monoisotopic (exact) mass is 322 g/mol.